The number of halogens is 1. The van der Waals surface area contributed by atoms with Crippen LogP contribution in [0.15, 0.2) is 42.6 Å². The summed E-state index contributed by atoms with van der Waals surface area (Å²) in [6, 6.07) is 10.8. The summed E-state index contributed by atoms with van der Waals surface area (Å²) in [5.41, 5.74) is 2.13. The number of amides is 1. The van der Waals surface area contributed by atoms with Gasteiger partial charge in [0, 0.05) is 44.1 Å². The van der Waals surface area contributed by atoms with Crippen LogP contribution in [0.3, 0.4) is 0 Å². The van der Waals surface area contributed by atoms with Crippen molar-refractivity contribution < 1.29 is 9.18 Å². The number of likely N-dealkylation sites (tertiary alicyclic amines) is 1. The number of hydrogen-bond acceptors (Lipinski definition) is 4. The highest BCUT2D eigenvalue weighted by Gasteiger charge is 2.25. The summed E-state index contributed by atoms with van der Waals surface area (Å²) in [4.78, 5) is 21.3. The van der Waals surface area contributed by atoms with Gasteiger partial charge in [0.2, 0.25) is 0 Å². The van der Waals surface area contributed by atoms with E-state index in [1.54, 1.807) is 18.3 Å². The molecule has 2 aliphatic heterocycles. The second-order valence-electron chi connectivity index (χ2n) is 7.28. The van der Waals surface area contributed by atoms with Gasteiger partial charge in [0.25, 0.3) is 5.91 Å². The summed E-state index contributed by atoms with van der Waals surface area (Å²) < 4.78 is 13.8. The molecule has 1 N–H and O–H groups in total. The fourth-order valence-corrected chi connectivity index (χ4v) is 3.90. The van der Waals surface area contributed by atoms with E-state index in [2.05, 4.69) is 15.2 Å². The number of carbonyl (C=O) groups excluding carboxylic acids is 1. The van der Waals surface area contributed by atoms with Crippen molar-refractivity contribution in [3.05, 3.63) is 54.1 Å². The number of rotatable bonds is 4. The minimum Gasteiger partial charge on any atom is -0.380 e. The first kappa shape index (κ1) is 17.8. The summed E-state index contributed by atoms with van der Waals surface area (Å²) in [5.74, 6) is -0.251. The Morgan fingerprint density at radius 1 is 1.07 bits per heavy atom. The number of aromatic nitrogens is 1. The Balaban J connectivity index is 1.36. The molecule has 1 amide bonds. The van der Waals surface area contributed by atoms with Crippen molar-refractivity contribution in [1.29, 1.82) is 0 Å². The van der Waals surface area contributed by atoms with Crippen molar-refractivity contribution in [2.24, 2.45) is 0 Å². The fraction of sp³-hybridized carbons (Fsp3) is 0.429. The molecule has 2 saturated heterocycles. The molecule has 0 unspecified atom stereocenters. The van der Waals surface area contributed by atoms with Gasteiger partial charge in [0.1, 0.15) is 11.5 Å². The first-order valence-electron chi connectivity index (χ1n) is 9.72. The smallest absolute Gasteiger partial charge is 0.272 e. The van der Waals surface area contributed by atoms with Crippen LogP contribution in [0.1, 0.15) is 36.2 Å². The molecule has 2 aliphatic rings. The molecule has 2 aromatic rings. The Bertz CT molecular complexity index is 798. The van der Waals surface area contributed by atoms with Gasteiger partial charge in [-0.3, -0.25) is 9.78 Å². The van der Waals surface area contributed by atoms with Crippen molar-refractivity contribution in [2.45, 2.75) is 31.7 Å². The number of nitrogens with zero attached hydrogens (tertiary/aromatic N) is 3. The number of benzene rings is 1. The maximum atomic E-state index is 13.8. The van der Waals surface area contributed by atoms with E-state index < -0.39 is 0 Å². The van der Waals surface area contributed by atoms with Gasteiger partial charge >= 0.3 is 0 Å². The Hall–Kier alpha value is -2.63. The zero-order valence-corrected chi connectivity index (χ0v) is 15.4. The van der Waals surface area contributed by atoms with Gasteiger partial charge < -0.3 is 15.1 Å². The van der Waals surface area contributed by atoms with E-state index in [9.17, 15) is 9.18 Å². The first-order chi connectivity index (χ1) is 13.2. The molecule has 0 saturated carbocycles. The van der Waals surface area contributed by atoms with E-state index >= 15 is 0 Å². The van der Waals surface area contributed by atoms with Crippen LogP contribution in [0.2, 0.25) is 0 Å². The Morgan fingerprint density at radius 3 is 2.56 bits per heavy atom. The maximum Gasteiger partial charge on any atom is 0.272 e. The molecule has 0 spiro atoms. The lowest BCUT2D eigenvalue weighted by atomic mass is 10.0. The quantitative estimate of drug-likeness (QED) is 0.897. The second kappa shape index (κ2) is 7.94. The molecular formula is C21H25FN4O. The summed E-state index contributed by atoms with van der Waals surface area (Å²) in [6.45, 7) is 3.40. The molecule has 6 heteroatoms. The number of nitrogens with one attached hydrogen (secondary N) is 1. The van der Waals surface area contributed by atoms with Crippen LogP contribution < -0.4 is 10.2 Å². The van der Waals surface area contributed by atoms with Gasteiger partial charge in [-0.05, 0) is 49.9 Å². The monoisotopic (exact) mass is 368 g/mol. The van der Waals surface area contributed by atoms with Gasteiger partial charge in [-0.25, -0.2) is 4.39 Å². The predicted molar refractivity (Wildman–Crippen MR) is 105 cm³/mol. The molecule has 0 radical (unpaired) electrons. The fourth-order valence-electron chi connectivity index (χ4n) is 3.90. The van der Waals surface area contributed by atoms with Crippen molar-refractivity contribution >= 4 is 17.3 Å². The Labute approximate surface area is 159 Å². The van der Waals surface area contributed by atoms with Gasteiger partial charge in [0.05, 0.1) is 5.69 Å². The Morgan fingerprint density at radius 2 is 1.81 bits per heavy atom. The first-order valence-corrected chi connectivity index (χ1v) is 9.72. The molecular weight excluding hydrogens is 343 g/mol. The van der Waals surface area contributed by atoms with Crippen LogP contribution in [-0.4, -0.2) is 48.0 Å². The van der Waals surface area contributed by atoms with Gasteiger partial charge in [-0.1, -0.05) is 12.1 Å². The van der Waals surface area contributed by atoms with E-state index in [0.717, 1.165) is 31.6 Å². The van der Waals surface area contributed by atoms with Crippen LogP contribution in [-0.2, 0) is 0 Å². The standard InChI is InChI=1S/C21H25FN4O/c22-18-5-1-2-6-19(18)24-16-8-13-26(14-9-16)21(27)20-15-17(7-10-23-20)25-11-3-4-12-25/h1-2,5-7,10,15-16,24H,3-4,8-9,11-14H2. The molecule has 1 aromatic carbocycles. The highest BCUT2D eigenvalue weighted by Crippen LogP contribution is 2.23. The molecule has 27 heavy (non-hydrogen) atoms. The molecule has 5 nitrogen and oxygen atoms in total. The third kappa shape index (κ3) is 4.04. The largest absolute Gasteiger partial charge is 0.380 e. The van der Waals surface area contributed by atoms with Crippen LogP contribution in [0, 0.1) is 5.82 Å². The van der Waals surface area contributed by atoms with E-state index in [-0.39, 0.29) is 17.8 Å². The lowest BCUT2D eigenvalue weighted by Crippen LogP contribution is -2.42. The highest BCUT2D eigenvalue weighted by molar-refractivity contribution is 5.93. The number of carbonyl (C=O) groups is 1. The topological polar surface area (TPSA) is 48.5 Å². The van der Waals surface area contributed by atoms with Gasteiger partial charge in [-0.15, -0.1) is 0 Å². The third-order valence-electron chi connectivity index (χ3n) is 5.45. The summed E-state index contributed by atoms with van der Waals surface area (Å²) in [6.07, 6.45) is 5.73. The van der Waals surface area contributed by atoms with Crippen molar-refractivity contribution in [2.75, 3.05) is 36.4 Å². The number of piperidine rings is 1. The number of para-hydroxylation sites is 1. The van der Waals surface area contributed by atoms with Crippen LogP contribution in [0.5, 0.6) is 0 Å². The van der Waals surface area contributed by atoms with Crippen LogP contribution in [0.4, 0.5) is 15.8 Å². The SMILES string of the molecule is O=C(c1cc(N2CCCC2)ccn1)N1CCC(Nc2ccccc2F)CC1. The highest BCUT2D eigenvalue weighted by atomic mass is 19.1. The van der Waals surface area contributed by atoms with Gasteiger partial charge in [-0.2, -0.15) is 0 Å². The lowest BCUT2D eigenvalue weighted by Gasteiger charge is -2.33. The summed E-state index contributed by atoms with van der Waals surface area (Å²) in [7, 11) is 0. The number of pyridine rings is 1. The van der Waals surface area contributed by atoms with Crippen molar-refractivity contribution in [3.8, 4) is 0 Å². The van der Waals surface area contributed by atoms with Gasteiger partial charge in [0.15, 0.2) is 0 Å². The van der Waals surface area contributed by atoms with E-state index in [0.29, 0.717) is 24.5 Å². The lowest BCUT2D eigenvalue weighted by molar-refractivity contribution is 0.0712. The molecule has 0 atom stereocenters. The predicted octanol–water partition coefficient (Wildman–Crippen LogP) is 3.54. The minimum absolute atomic E-state index is 0.0135. The molecule has 4 rings (SSSR count). The summed E-state index contributed by atoms with van der Waals surface area (Å²) >= 11 is 0. The van der Waals surface area contributed by atoms with Crippen molar-refractivity contribution in [1.82, 2.24) is 9.88 Å². The van der Waals surface area contributed by atoms with E-state index in [4.69, 9.17) is 0 Å². The second-order valence-corrected chi connectivity index (χ2v) is 7.28. The van der Waals surface area contributed by atoms with E-state index in [1.807, 2.05) is 23.1 Å². The molecule has 0 aliphatic carbocycles. The molecule has 2 fully saturated rings. The minimum atomic E-state index is -0.237. The molecule has 1 aromatic heterocycles. The van der Waals surface area contributed by atoms with Crippen molar-refractivity contribution in [3.63, 3.8) is 0 Å². The zero-order valence-electron chi connectivity index (χ0n) is 15.4. The maximum absolute atomic E-state index is 13.8. The molecule has 142 valence electrons. The van der Waals surface area contributed by atoms with Crippen LogP contribution >= 0.6 is 0 Å². The number of anilines is 2. The molecule has 0 bridgehead atoms. The van der Waals surface area contributed by atoms with E-state index in [1.165, 1.54) is 18.9 Å². The Kier molecular flexibility index (Phi) is 5.23. The molecule has 3 heterocycles. The average Bonchev–Trinajstić information content (AvgIpc) is 3.25. The normalized spacial score (nSPS) is 18.0. The average molecular weight is 368 g/mol. The third-order valence-corrected chi connectivity index (χ3v) is 5.45. The number of hydrogen-bond donors (Lipinski definition) is 1. The zero-order chi connectivity index (χ0) is 18.6. The van der Waals surface area contributed by atoms with Crippen LogP contribution in [0.25, 0.3) is 0 Å². The summed E-state index contributed by atoms with van der Waals surface area (Å²) in [5, 5.41) is 3.26.